The summed E-state index contributed by atoms with van der Waals surface area (Å²) in [5.41, 5.74) is 1.68. The smallest absolute Gasteiger partial charge is 0.140 e. The quantitative estimate of drug-likeness (QED) is 0.268. The number of benzene rings is 4. The minimum atomic E-state index is -1.99. The van der Waals surface area contributed by atoms with Crippen LogP contribution >= 0.6 is 0 Å². The molecule has 0 spiro atoms. The molecule has 0 bridgehead atoms. The van der Waals surface area contributed by atoms with Crippen molar-refractivity contribution in [2.45, 2.75) is 4.75 Å². The van der Waals surface area contributed by atoms with Gasteiger partial charge in [-0.05, 0) is 77.4 Å². The monoisotopic (exact) mass is 455 g/mol. The Kier molecular flexibility index (Phi) is 6.10. The standard InChI is InChI=1S/C25H17F4NOS/c26-20-7-1-17(2-8-20)25(18-3-9-21(27)10-4-18,19-5-11-22(28)12-6-19)32(31)30-24-15-13-23(29)14-16-24/h1-16,30H. The third-order valence-electron chi connectivity index (χ3n) is 5.09. The maximum absolute atomic E-state index is 14.0. The first-order chi connectivity index (χ1) is 15.4. The number of hydrogen-bond acceptors (Lipinski definition) is 1. The first-order valence-corrected chi connectivity index (χ1v) is 10.8. The zero-order chi connectivity index (χ0) is 22.7. The van der Waals surface area contributed by atoms with Crippen LogP contribution in [0, 0.1) is 23.3 Å². The van der Waals surface area contributed by atoms with E-state index in [0.29, 0.717) is 22.4 Å². The average molecular weight is 455 g/mol. The van der Waals surface area contributed by atoms with Crippen LogP contribution in [-0.2, 0) is 15.7 Å². The number of rotatable bonds is 6. The Bertz CT molecular complexity index is 1110. The molecule has 1 unspecified atom stereocenters. The molecule has 0 fully saturated rings. The highest BCUT2D eigenvalue weighted by Gasteiger charge is 2.43. The van der Waals surface area contributed by atoms with Crippen molar-refractivity contribution in [3.05, 3.63) is 137 Å². The second-order valence-electron chi connectivity index (χ2n) is 7.08. The SMILES string of the molecule is O=S(Nc1ccc(F)cc1)C(c1ccc(F)cc1)(c1ccc(F)cc1)c1ccc(F)cc1. The molecule has 7 heteroatoms. The Labute approximate surface area is 185 Å². The summed E-state index contributed by atoms with van der Waals surface area (Å²) in [6.07, 6.45) is 0. The first-order valence-electron chi connectivity index (χ1n) is 9.62. The largest absolute Gasteiger partial charge is 0.304 e. The summed E-state index contributed by atoms with van der Waals surface area (Å²) in [5, 5.41) is 0. The highest BCUT2D eigenvalue weighted by atomic mass is 32.2. The summed E-state index contributed by atoms with van der Waals surface area (Å²) in [5.74, 6) is -1.92. The fraction of sp³-hybridized carbons (Fsp3) is 0.0400. The van der Waals surface area contributed by atoms with E-state index in [9.17, 15) is 21.8 Å². The molecular formula is C25H17F4NOS. The fourth-order valence-corrected chi connectivity index (χ4v) is 5.13. The molecule has 0 aliphatic carbocycles. The van der Waals surface area contributed by atoms with Crippen LogP contribution in [0.2, 0.25) is 0 Å². The third-order valence-corrected chi connectivity index (χ3v) is 6.77. The van der Waals surface area contributed by atoms with Gasteiger partial charge in [-0.1, -0.05) is 36.4 Å². The summed E-state index contributed by atoms with van der Waals surface area (Å²) in [6.45, 7) is 0. The Hall–Kier alpha value is -3.45. The second kappa shape index (κ2) is 8.96. The molecule has 4 rings (SSSR count). The molecule has 0 radical (unpaired) electrons. The molecule has 1 N–H and O–H groups in total. The predicted molar refractivity (Wildman–Crippen MR) is 117 cm³/mol. The Morgan fingerprint density at radius 3 is 1.09 bits per heavy atom. The van der Waals surface area contributed by atoms with Crippen LogP contribution in [0.3, 0.4) is 0 Å². The topological polar surface area (TPSA) is 29.1 Å². The predicted octanol–water partition coefficient (Wildman–Crippen LogP) is 6.31. The van der Waals surface area contributed by atoms with Gasteiger partial charge in [0.1, 0.15) is 39.0 Å². The van der Waals surface area contributed by atoms with Gasteiger partial charge in [-0.3, -0.25) is 0 Å². The van der Waals surface area contributed by atoms with Crippen LogP contribution in [0.1, 0.15) is 16.7 Å². The van der Waals surface area contributed by atoms with Gasteiger partial charge in [-0.15, -0.1) is 0 Å². The van der Waals surface area contributed by atoms with E-state index in [1.54, 1.807) is 0 Å². The minimum absolute atomic E-state index is 0.375. The van der Waals surface area contributed by atoms with E-state index >= 15 is 0 Å². The Morgan fingerprint density at radius 1 is 0.500 bits per heavy atom. The van der Waals surface area contributed by atoms with Crippen molar-refractivity contribution in [2.75, 3.05) is 4.72 Å². The van der Waals surface area contributed by atoms with Crippen LogP contribution < -0.4 is 4.72 Å². The molecule has 0 heterocycles. The van der Waals surface area contributed by atoms with Crippen molar-refractivity contribution >= 4 is 16.7 Å². The minimum Gasteiger partial charge on any atom is -0.304 e. The molecule has 162 valence electrons. The molecule has 2 nitrogen and oxygen atoms in total. The van der Waals surface area contributed by atoms with Gasteiger partial charge in [0.05, 0.1) is 0 Å². The lowest BCUT2D eigenvalue weighted by molar-refractivity contribution is 0.621. The lowest BCUT2D eigenvalue weighted by Gasteiger charge is -2.35. The molecule has 0 aliphatic heterocycles. The second-order valence-corrected chi connectivity index (χ2v) is 8.43. The summed E-state index contributed by atoms with van der Waals surface area (Å²) in [4.78, 5) is 0. The zero-order valence-electron chi connectivity index (χ0n) is 16.6. The number of anilines is 1. The van der Waals surface area contributed by atoms with E-state index in [1.165, 1.54) is 97.1 Å². The number of nitrogens with one attached hydrogen (secondary N) is 1. The van der Waals surface area contributed by atoms with Gasteiger partial charge < -0.3 is 4.72 Å². The normalized spacial score (nSPS) is 12.4. The number of halogens is 4. The molecular weight excluding hydrogens is 438 g/mol. The maximum Gasteiger partial charge on any atom is 0.140 e. The van der Waals surface area contributed by atoms with E-state index in [-0.39, 0.29) is 0 Å². The summed E-state index contributed by atoms with van der Waals surface area (Å²) >= 11 is 0. The molecule has 0 saturated heterocycles. The van der Waals surface area contributed by atoms with Crippen molar-refractivity contribution in [3.63, 3.8) is 0 Å². The maximum atomic E-state index is 14.0. The fourth-order valence-electron chi connectivity index (χ4n) is 3.58. The third kappa shape index (κ3) is 4.16. The molecule has 0 aromatic heterocycles. The molecule has 4 aromatic rings. The molecule has 32 heavy (non-hydrogen) atoms. The Balaban J connectivity index is 1.98. The van der Waals surface area contributed by atoms with Crippen LogP contribution in [0.5, 0.6) is 0 Å². The summed E-state index contributed by atoms with van der Waals surface area (Å²) in [6, 6.07) is 21.5. The first kappa shape index (κ1) is 21.8. The van der Waals surface area contributed by atoms with Crippen LogP contribution in [0.25, 0.3) is 0 Å². The van der Waals surface area contributed by atoms with Crippen LogP contribution in [0.4, 0.5) is 23.2 Å². The highest BCUT2D eigenvalue weighted by molar-refractivity contribution is 7.87. The van der Waals surface area contributed by atoms with Gasteiger partial charge in [-0.25, -0.2) is 21.8 Å². The van der Waals surface area contributed by atoms with Crippen molar-refractivity contribution < 1.29 is 21.8 Å². The van der Waals surface area contributed by atoms with Crippen molar-refractivity contribution in [3.8, 4) is 0 Å². The van der Waals surface area contributed by atoms with E-state index in [1.807, 2.05) is 0 Å². The molecule has 0 saturated carbocycles. The summed E-state index contributed by atoms with van der Waals surface area (Å²) in [7, 11) is -1.99. The van der Waals surface area contributed by atoms with E-state index in [0.717, 1.165) is 0 Å². The molecule has 4 aromatic carbocycles. The van der Waals surface area contributed by atoms with E-state index in [2.05, 4.69) is 4.72 Å². The van der Waals surface area contributed by atoms with Crippen molar-refractivity contribution in [2.24, 2.45) is 0 Å². The molecule has 0 amide bonds. The zero-order valence-corrected chi connectivity index (χ0v) is 17.4. The average Bonchev–Trinajstić information content (AvgIpc) is 2.79. The molecule has 0 aliphatic rings. The van der Waals surface area contributed by atoms with Gasteiger partial charge in [0.25, 0.3) is 0 Å². The van der Waals surface area contributed by atoms with Gasteiger partial charge in [0.15, 0.2) is 0 Å². The molecule has 1 atom stereocenters. The highest BCUT2D eigenvalue weighted by Crippen LogP contribution is 2.43. The Morgan fingerprint density at radius 2 is 0.781 bits per heavy atom. The van der Waals surface area contributed by atoms with Crippen LogP contribution in [-0.4, -0.2) is 4.21 Å². The van der Waals surface area contributed by atoms with Crippen molar-refractivity contribution in [1.82, 2.24) is 0 Å². The van der Waals surface area contributed by atoms with Gasteiger partial charge in [-0.2, -0.15) is 0 Å². The summed E-state index contributed by atoms with van der Waals surface area (Å²) < 4.78 is 70.0. The van der Waals surface area contributed by atoms with E-state index < -0.39 is 39.0 Å². The van der Waals surface area contributed by atoms with Crippen molar-refractivity contribution in [1.29, 1.82) is 0 Å². The van der Waals surface area contributed by atoms with Crippen LogP contribution in [0.15, 0.2) is 97.1 Å². The van der Waals surface area contributed by atoms with Gasteiger partial charge in [0.2, 0.25) is 0 Å². The van der Waals surface area contributed by atoms with Gasteiger partial charge in [0, 0.05) is 5.69 Å². The van der Waals surface area contributed by atoms with Gasteiger partial charge >= 0.3 is 0 Å². The number of hydrogen-bond donors (Lipinski definition) is 1. The lowest BCUT2D eigenvalue weighted by Crippen LogP contribution is -2.38. The van der Waals surface area contributed by atoms with E-state index in [4.69, 9.17) is 0 Å². The lowest BCUT2D eigenvalue weighted by atomic mass is 9.84.